The Labute approximate surface area is 61.3 Å². The third-order valence-corrected chi connectivity index (χ3v) is 1.42. The van der Waals surface area contributed by atoms with Gasteiger partial charge in [-0.05, 0) is 13.8 Å². The number of hydrogen-bond donors (Lipinski definition) is 0. The third-order valence-electron chi connectivity index (χ3n) is 1.42. The van der Waals surface area contributed by atoms with Crippen LogP contribution in [0.3, 0.4) is 0 Å². The van der Waals surface area contributed by atoms with Crippen molar-refractivity contribution < 1.29 is 14.2 Å². The number of rotatable bonds is 2. The average Bonchev–Trinajstić information content (AvgIpc) is 2.12. The molecular weight excluding hydrogens is 132 g/mol. The van der Waals surface area contributed by atoms with Crippen molar-refractivity contribution in [2.24, 2.45) is 0 Å². The average molecular weight is 146 g/mol. The monoisotopic (exact) mass is 146 g/mol. The fourth-order valence-corrected chi connectivity index (χ4v) is 1.03. The van der Waals surface area contributed by atoms with Gasteiger partial charge in [0.15, 0.2) is 5.79 Å². The van der Waals surface area contributed by atoms with Gasteiger partial charge in [0.1, 0.15) is 6.10 Å². The standard InChI is InChI=1S/C7H14O3/c1-7(2)9-5-6(10-7)4-8-3/h6H,4-5H2,1-3H3. The van der Waals surface area contributed by atoms with Gasteiger partial charge in [0, 0.05) is 7.11 Å². The van der Waals surface area contributed by atoms with Gasteiger partial charge >= 0.3 is 0 Å². The molecule has 0 radical (unpaired) electrons. The van der Waals surface area contributed by atoms with Crippen molar-refractivity contribution in [3.05, 3.63) is 0 Å². The van der Waals surface area contributed by atoms with E-state index in [0.29, 0.717) is 13.2 Å². The molecule has 60 valence electrons. The Morgan fingerprint density at radius 2 is 2.30 bits per heavy atom. The van der Waals surface area contributed by atoms with Gasteiger partial charge in [0.25, 0.3) is 0 Å². The van der Waals surface area contributed by atoms with Crippen molar-refractivity contribution in [1.82, 2.24) is 0 Å². The van der Waals surface area contributed by atoms with Crippen LogP contribution in [0.4, 0.5) is 0 Å². The SMILES string of the molecule is COCC1COC(C)(C)O1. The van der Waals surface area contributed by atoms with Crippen molar-refractivity contribution in [3.63, 3.8) is 0 Å². The molecule has 0 spiro atoms. The predicted octanol–water partition coefficient (Wildman–Crippen LogP) is 0.784. The molecule has 10 heavy (non-hydrogen) atoms. The maximum atomic E-state index is 5.44. The number of methoxy groups -OCH3 is 1. The van der Waals surface area contributed by atoms with Gasteiger partial charge in [-0.15, -0.1) is 0 Å². The van der Waals surface area contributed by atoms with Crippen molar-refractivity contribution in [3.8, 4) is 0 Å². The van der Waals surface area contributed by atoms with Crippen LogP contribution in [0.15, 0.2) is 0 Å². The van der Waals surface area contributed by atoms with E-state index in [1.807, 2.05) is 13.8 Å². The topological polar surface area (TPSA) is 27.7 Å². The first kappa shape index (κ1) is 7.98. The second-order valence-corrected chi connectivity index (χ2v) is 2.91. The van der Waals surface area contributed by atoms with Crippen LogP contribution in [0, 0.1) is 0 Å². The Balaban J connectivity index is 2.29. The Bertz CT molecular complexity index is 111. The molecule has 0 bridgehead atoms. The van der Waals surface area contributed by atoms with Crippen molar-refractivity contribution in [1.29, 1.82) is 0 Å². The zero-order valence-corrected chi connectivity index (χ0v) is 6.72. The summed E-state index contributed by atoms with van der Waals surface area (Å²) in [6.07, 6.45) is 0.111. The maximum absolute atomic E-state index is 5.44. The minimum absolute atomic E-state index is 0.111. The molecule has 1 saturated heterocycles. The minimum Gasteiger partial charge on any atom is -0.382 e. The Morgan fingerprint density at radius 3 is 2.70 bits per heavy atom. The van der Waals surface area contributed by atoms with Gasteiger partial charge < -0.3 is 14.2 Å². The molecule has 0 amide bonds. The summed E-state index contributed by atoms with van der Waals surface area (Å²) in [5, 5.41) is 0. The van der Waals surface area contributed by atoms with Crippen LogP contribution < -0.4 is 0 Å². The second kappa shape index (κ2) is 2.86. The zero-order chi connectivity index (χ0) is 7.61. The van der Waals surface area contributed by atoms with Crippen molar-refractivity contribution >= 4 is 0 Å². The first-order valence-corrected chi connectivity index (χ1v) is 3.45. The van der Waals surface area contributed by atoms with Crippen LogP contribution in [0.25, 0.3) is 0 Å². The molecule has 1 aliphatic rings. The van der Waals surface area contributed by atoms with E-state index in [9.17, 15) is 0 Å². The summed E-state index contributed by atoms with van der Waals surface area (Å²) < 4.78 is 15.7. The summed E-state index contributed by atoms with van der Waals surface area (Å²) in [5.74, 6) is -0.413. The molecule has 0 aliphatic carbocycles. The quantitative estimate of drug-likeness (QED) is 0.576. The van der Waals surface area contributed by atoms with Gasteiger partial charge in [-0.25, -0.2) is 0 Å². The Hall–Kier alpha value is -0.120. The number of ether oxygens (including phenoxy) is 3. The molecule has 1 atom stereocenters. The van der Waals surface area contributed by atoms with Crippen LogP contribution in [-0.2, 0) is 14.2 Å². The molecule has 0 aromatic carbocycles. The van der Waals surface area contributed by atoms with E-state index >= 15 is 0 Å². The largest absolute Gasteiger partial charge is 0.382 e. The summed E-state index contributed by atoms with van der Waals surface area (Å²) in [6.45, 7) is 5.07. The van der Waals surface area contributed by atoms with E-state index in [1.54, 1.807) is 7.11 Å². The lowest BCUT2D eigenvalue weighted by Gasteiger charge is -2.16. The highest BCUT2D eigenvalue weighted by atomic mass is 16.7. The van der Waals surface area contributed by atoms with Crippen LogP contribution in [0.2, 0.25) is 0 Å². The molecule has 3 nitrogen and oxygen atoms in total. The van der Waals surface area contributed by atoms with E-state index in [0.717, 1.165) is 0 Å². The highest BCUT2D eigenvalue weighted by Crippen LogP contribution is 2.21. The molecule has 1 heterocycles. The van der Waals surface area contributed by atoms with Gasteiger partial charge in [-0.1, -0.05) is 0 Å². The van der Waals surface area contributed by atoms with E-state index < -0.39 is 5.79 Å². The van der Waals surface area contributed by atoms with E-state index in [4.69, 9.17) is 14.2 Å². The van der Waals surface area contributed by atoms with E-state index in [2.05, 4.69) is 0 Å². The molecule has 0 N–H and O–H groups in total. The van der Waals surface area contributed by atoms with Crippen LogP contribution >= 0.6 is 0 Å². The predicted molar refractivity (Wildman–Crippen MR) is 36.8 cm³/mol. The fraction of sp³-hybridized carbons (Fsp3) is 1.00. The molecule has 3 heteroatoms. The lowest BCUT2D eigenvalue weighted by atomic mass is 10.4. The summed E-state index contributed by atoms with van der Waals surface area (Å²) >= 11 is 0. The zero-order valence-electron chi connectivity index (χ0n) is 6.72. The fourth-order valence-electron chi connectivity index (χ4n) is 1.03. The van der Waals surface area contributed by atoms with Gasteiger partial charge in [0.2, 0.25) is 0 Å². The first-order valence-electron chi connectivity index (χ1n) is 3.45. The minimum atomic E-state index is -0.413. The molecule has 1 aliphatic heterocycles. The Morgan fingerprint density at radius 1 is 1.60 bits per heavy atom. The van der Waals surface area contributed by atoms with Crippen molar-refractivity contribution in [2.75, 3.05) is 20.3 Å². The highest BCUT2D eigenvalue weighted by molar-refractivity contribution is 4.69. The van der Waals surface area contributed by atoms with Gasteiger partial charge in [0.05, 0.1) is 13.2 Å². The molecule has 1 rings (SSSR count). The van der Waals surface area contributed by atoms with Crippen LogP contribution in [0.5, 0.6) is 0 Å². The second-order valence-electron chi connectivity index (χ2n) is 2.91. The molecule has 0 aromatic heterocycles. The molecule has 1 unspecified atom stereocenters. The highest BCUT2D eigenvalue weighted by Gasteiger charge is 2.32. The molecular formula is C7H14O3. The summed E-state index contributed by atoms with van der Waals surface area (Å²) in [7, 11) is 1.66. The normalized spacial score (nSPS) is 30.9. The number of hydrogen-bond acceptors (Lipinski definition) is 3. The smallest absolute Gasteiger partial charge is 0.163 e. The van der Waals surface area contributed by atoms with Crippen molar-refractivity contribution in [2.45, 2.75) is 25.7 Å². The summed E-state index contributed by atoms with van der Waals surface area (Å²) in [4.78, 5) is 0. The van der Waals surface area contributed by atoms with Crippen LogP contribution in [0.1, 0.15) is 13.8 Å². The van der Waals surface area contributed by atoms with Gasteiger partial charge in [-0.3, -0.25) is 0 Å². The van der Waals surface area contributed by atoms with E-state index in [-0.39, 0.29) is 6.10 Å². The lowest BCUT2D eigenvalue weighted by molar-refractivity contribution is -0.143. The molecule has 1 fully saturated rings. The van der Waals surface area contributed by atoms with E-state index in [1.165, 1.54) is 0 Å². The molecule has 0 aromatic rings. The lowest BCUT2D eigenvalue weighted by Crippen LogP contribution is -2.23. The Kier molecular flexibility index (Phi) is 2.28. The first-order chi connectivity index (χ1) is 4.64. The summed E-state index contributed by atoms with van der Waals surface area (Å²) in [6, 6.07) is 0. The maximum Gasteiger partial charge on any atom is 0.163 e. The third kappa shape index (κ3) is 1.94. The van der Waals surface area contributed by atoms with Gasteiger partial charge in [-0.2, -0.15) is 0 Å². The van der Waals surface area contributed by atoms with Crippen LogP contribution in [-0.4, -0.2) is 32.2 Å². The molecule has 0 saturated carbocycles. The summed E-state index contributed by atoms with van der Waals surface area (Å²) in [5.41, 5.74) is 0.